The Bertz CT molecular complexity index is 812. The van der Waals surface area contributed by atoms with Crippen molar-refractivity contribution in [2.75, 3.05) is 18.2 Å². The van der Waals surface area contributed by atoms with Gasteiger partial charge in [-0.25, -0.2) is 0 Å². The largest absolute Gasteiger partial charge is 0.493 e. The molecule has 0 bridgehead atoms. The maximum absolute atomic E-state index is 12.9. The second-order valence-corrected chi connectivity index (χ2v) is 7.39. The molecule has 5 nitrogen and oxygen atoms in total. The Morgan fingerprint density at radius 1 is 1.08 bits per heavy atom. The summed E-state index contributed by atoms with van der Waals surface area (Å²) in [5.41, 5.74) is 1.61. The van der Waals surface area contributed by atoms with Crippen LogP contribution < -0.4 is 10.1 Å². The van der Waals surface area contributed by atoms with E-state index in [1.54, 1.807) is 28.8 Å². The zero-order valence-corrected chi connectivity index (χ0v) is 15.1. The Morgan fingerprint density at radius 3 is 2.69 bits per heavy atom. The first-order chi connectivity index (χ1) is 12.7. The summed E-state index contributed by atoms with van der Waals surface area (Å²) in [6.07, 6.45) is 0.731. The van der Waals surface area contributed by atoms with Gasteiger partial charge < -0.3 is 15.0 Å². The lowest BCUT2D eigenvalue weighted by Crippen LogP contribution is -2.48. The van der Waals surface area contributed by atoms with Gasteiger partial charge in [0.1, 0.15) is 11.8 Å². The highest BCUT2D eigenvalue weighted by Gasteiger charge is 2.36. The number of carbonyl (C=O) groups excluding carboxylic acids is 2. The third kappa shape index (κ3) is 3.29. The van der Waals surface area contributed by atoms with Crippen LogP contribution in [0.15, 0.2) is 54.6 Å². The summed E-state index contributed by atoms with van der Waals surface area (Å²) in [4.78, 5) is 27.3. The summed E-state index contributed by atoms with van der Waals surface area (Å²) in [7, 11) is 0. The predicted octanol–water partition coefficient (Wildman–Crippen LogP) is 2.84. The van der Waals surface area contributed by atoms with Crippen LogP contribution in [-0.4, -0.2) is 41.0 Å². The SMILES string of the molecule is O=C(NC1CCOc2ccccc21)C1CSCN1C(=O)c1ccccc1. The van der Waals surface area contributed by atoms with Gasteiger partial charge in [-0.1, -0.05) is 36.4 Å². The molecule has 0 aromatic heterocycles. The summed E-state index contributed by atoms with van der Waals surface area (Å²) in [6.45, 7) is 0.577. The number of benzene rings is 2. The van der Waals surface area contributed by atoms with Crippen LogP contribution in [0.3, 0.4) is 0 Å². The van der Waals surface area contributed by atoms with Crippen molar-refractivity contribution in [1.29, 1.82) is 0 Å². The molecule has 134 valence electrons. The third-order valence-corrected chi connectivity index (χ3v) is 5.75. The normalized spacial score (nSPS) is 21.6. The number of thioether (sulfide) groups is 1. The second kappa shape index (κ2) is 7.41. The Morgan fingerprint density at radius 2 is 1.85 bits per heavy atom. The number of amides is 2. The van der Waals surface area contributed by atoms with Crippen LogP contribution in [-0.2, 0) is 4.79 Å². The molecule has 0 aliphatic carbocycles. The van der Waals surface area contributed by atoms with Crippen molar-refractivity contribution in [2.45, 2.75) is 18.5 Å². The average molecular weight is 368 g/mol. The summed E-state index contributed by atoms with van der Waals surface area (Å²) < 4.78 is 5.66. The number of ether oxygens (including phenoxy) is 1. The van der Waals surface area contributed by atoms with Crippen LogP contribution in [0.4, 0.5) is 0 Å². The predicted molar refractivity (Wildman–Crippen MR) is 101 cm³/mol. The topological polar surface area (TPSA) is 58.6 Å². The van der Waals surface area contributed by atoms with E-state index in [2.05, 4.69) is 5.32 Å². The summed E-state index contributed by atoms with van der Waals surface area (Å²) in [5, 5.41) is 3.13. The quantitative estimate of drug-likeness (QED) is 0.905. The number of carbonyl (C=O) groups is 2. The van der Waals surface area contributed by atoms with E-state index in [0.717, 1.165) is 17.7 Å². The van der Waals surface area contributed by atoms with Crippen LogP contribution in [0.1, 0.15) is 28.4 Å². The van der Waals surface area contributed by atoms with Crippen molar-refractivity contribution >= 4 is 23.6 Å². The molecule has 2 atom stereocenters. The summed E-state index contributed by atoms with van der Waals surface area (Å²) in [5.74, 6) is 1.79. The molecule has 2 aliphatic rings. The van der Waals surface area contributed by atoms with Gasteiger partial charge in [-0.05, 0) is 18.2 Å². The molecule has 26 heavy (non-hydrogen) atoms. The molecule has 2 aromatic carbocycles. The molecule has 0 saturated carbocycles. The highest BCUT2D eigenvalue weighted by atomic mass is 32.2. The maximum atomic E-state index is 12.9. The number of hydrogen-bond acceptors (Lipinski definition) is 4. The number of hydrogen-bond donors (Lipinski definition) is 1. The van der Waals surface area contributed by atoms with Crippen LogP contribution in [0.5, 0.6) is 5.75 Å². The Balaban J connectivity index is 1.49. The fourth-order valence-corrected chi connectivity index (χ4v) is 4.52. The van der Waals surface area contributed by atoms with Gasteiger partial charge in [0, 0.05) is 23.3 Å². The fraction of sp³-hybridized carbons (Fsp3) is 0.300. The molecule has 2 amide bonds. The molecular formula is C20H20N2O3S. The number of fused-ring (bicyclic) bond motifs is 1. The Hall–Kier alpha value is -2.47. The van der Waals surface area contributed by atoms with Gasteiger partial charge in [0.05, 0.1) is 18.5 Å². The number of nitrogens with one attached hydrogen (secondary N) is 1. The van der Waals surface area contributed by atoms with Crippen molar-refractivity contribution in [1.82, 2.24) is 10.2 Å². The van der Waals surface area contributed by atoms with E-state index in [1.807, 2.05) is 42.5 Å². The second-order valence-electron chi connectivity index (χ2n) is 6.39. The van der Waals surface area contributed by atoms with Crippen LogP contribution in [0.25, 0.3) is 0 Å². The van der Waals surface area contributed by atoms with Crippen molar-refractivity contribution in [3.05, 3.63) is 65.7 Å². The molecule has 0 radical (unpaired) electrons. The lowest BCUT2D eigenvalue weighted by atomic mass is 10.00. The molecule has 1 saturated heterocycles. The Kier molecular flexibility index (Phi) is 4.84. The highest BCUT2D eigenvalue weighted by molar-refractivity contribution is 7.99. The van der Waals surface area contributed by atoms with Gasteiger partial charge in [0.25, 0.3) is 5.91 Å². The zero-order valence-electron chi connectivity index (χ0n) is 14.3. The van der Waals surface area contributed by atoms with E-state index in [9.17, 15) is 9.59 Å². The van der Waals surface area contributed by atoms with Gasteiger partial charge in [0.15, 0.2) is 0 Å². The van der Waals surface area contributed by atoms with Crippen LogP contribution in [0, 0.1) is 0 Å². The van der Waals surface area contributed by atoms with Crippen molar-refractivity contribution in [3.8, 4) is 5.75 Å². The molecule has 1 fully saturated rings. The van der Waals surface area contributed by atoms with E-state index >= 15 is 0 Å². The molecule has 2 aliphatic heterocycles. The third-order valence-electron chi connectivity index (χ3n) is 4.74. The Labute approximate surface area is 156 Å². The number of rotatable bonds is 3. The molecular weight excluding hydrogens is 348 g/mol. The standard InChI is InChI=1S/C20H20N2O3S/c23-19(21-16-10-11-25-18-9-5-4-8-15(16)18)17-12-26-13-22(17)20(24)14-6-2-1-3-7-14/h1-9,16-17H,10-13H2,(H,21,23). The maximum Gasteiger partial charge on any atom is 0.255 e. The van der Waals surface area contributed by atoms with Crippen LogP contribution >= 0.6 is 11.8 Å². The van der Waals surface area contributed by atoms with E-state index in [0.29, 0.717) is 23.8 Å². The minimum Gasteiger partial charge on any atom is -0.493 e. The number of para-hydroxylation sites is 1. The van der Waals surface area contributed by atoms with Crippen molar-refractivity contribution < 1.29 is 14.3 Å². The zero-order chi connectivity index (χ0) is 17.9. The number of nitrogens with zero attached hydrogens (tertiary/aromatic N) is 1. The minimum absolute atomic E-state index is 0.0771. The van der Waals surface area contributed by atoms with E-state index in [4.69, 9.17) is 4.74 Å². The summed E-state index contributed by atoms with van der Waals surface area (Å²) in [6, 6.07) is 16.4. The fourth-order valence-electron chi connectivity index (χ4n) is 3.37. The van der Waals surface area contributed by atoms with Gasteiger partial charge in [-0.2, -0.15) is 0 Å². The molecule has 6 heteroatoms. The van der Waals surface area contributed by atoms with E-state index in [-0.39, 0.29) is 17.9 Å². The van der Waals surface area contributed by atoms with Gasteiger partial charge in [-0.15, -0.1) is 11.8 Å². The van der Waals surface area contributed by atoms with Crippen LogP contribution in [0.2, 0.25) is 0 Å². The first-order valence-corrected chi connectivity index (χ1v) is 9.85. The molecule has 2 aromatic rings. The molecule has 0 spiro atoms. The van der Waals surface area contributed by atoms with Crippen molar-refractivity contribution in [3.63, 3.8) is 0 Å². The minimum atomic E-state index is -0.442. The monoisotopic (exact) mass is 368 g/mol. The summed E-state index contributed by atoms with van der Waals surface area (Å²) >= 11 is 1.61. The first-order valence-electron chi connectivity index (χ1n) is 8.70. The smallest absolute Gasteiger partial charge is 0.255 e. The highest BCUT2D eigenvalue weighted by Crippen LogP contribution is 2.32. The first kappa shape index (κ1) is 17.0. The van der Waals surface area contributed by atoms with Crippen molar-refractivity contribution in [2.24, 2.45) is 0 Å². The van der Waals surface area contributed by atoms with Gasteiger partial charge in [0.2, 0.25) is 5.91 Å². The average Bonchev–Trinajstić information content (AvgIpc) is 3.18. The van der Waals surface area contributed by atoms with E-state index in [1.165, 1.54) is 0 Å². The molecule has 2 heterocycles. The molecule has 2 unspecified atom stereocenters. The van der Waals surface area contributed by atoms with E-state index < -0.39 is 6.04 Å². The molecule has 1 N–H and O–H groups in total. The lowest BCUT2D eigenvalue weighted by molar-refractivity contribution is -0.125. The lowest BCUT2D eigenvalue weighted by Gasteiger charge is -2.29. The van der Waals surface area contributed by atoms with Gasteiger partial charge in [-0.3, -0.25) is 9.59 Å². The molecule has 4 rings (SSSR count). The van der Waals surface area contributed by atoms with Gasteiger partial charge >= 0.3 is 0 Å².